The number of amides is 1. The van der Waals surface area contributed by atoms with Gasteiger partial charge in [-0.05, 0) is 42.9 Å². The van der Waals surface area contributed by atoms with E-state index in [4.69, 9.17) is 22.1 Å². The molecule has 1 aromatic heterocycles. The van der Waals surface area contributed by atoms with Crippen molar-refractivity contribution in [1.29, 1.82) is 0 Å². The largest absolute Gasteiger partial charge is 0.489 e. The predicted molar refractivity (Wildman–Crippen MR) is 128 cm³/mol. The van der Waals surface area contributed by atoms with Crippen LogP contribution in [0.4, 0.5) is 14.6 Å². The van der Waals surface area contributed by atoms with Crippen LogP contribution in [0.25, 0.3) is 11.1 Å². The Kier molecular flexibility index (Phi) is 7.29. The zero-order chi connectivity index (χ0) is 24.2. The molecule has 1 aliphatic heterocycles. The Balaban J connectivity index is 1.43. The number of likely N-dealkylation sites (N-methyl/N-ethyl adjacent to an activating group) is 1. The number of rotatable bonds is 6. The molecule has 2 heterocycles. The van der Waals surface area contributed by atoms with Gasteiger partial charge in [0.25, 0.3) is 5.91 Å². The van der Waals surface area contributed by atoms with Gasteiger partial charge in [-0.3, -0.25) is 4.79 Å². The number of aromatic nitrogens is 1. The highest BCUT2D eigenvalue weighted by atomic mass is 35.5. The first-order valence-electron chi connectivity index (χ1n) is 10.9. The first kappa shape index (κ1) is 23.9. The molecule has 34 heavy (non-hydrogen) atoms. The summed E-state index contributed by atoms with van der Waals surface area (Å²) in [5.74, 6) is -0.765. The van der Waals surface area contributed by atoms with Gasteiger partial charge in [-0.15, -0.1) is 0 Å². The second kappa shape index (κ2) is 10.4. The van der Waals surface area contributed by atoms with Gasteiger partial charge in [0, 0.05) is 55.5 Å². The van der Waals surface area contributed by atoms with Crippen LogP contribution in [0, 0.1) is 11.6 Å². The SMILES string of the molecule is CN1CCN(C(=O)c2ccc(-c3cnc(N)c(OCCc4c(F)ccc(F)c4Cl)c3)cc2)CC1. The number of nitrogens with zero attached hydrogens (tertiary/aromatic N) is 3. The summed E-state index contributed by atoms with van der Waals surface area (Å²) < 4.78 is 33.3. The third-order valence-electron chi connectivity index (χ3n) is 5.89. The molecule has 3 aromatic rings. The highest BCUT2D eigenvalue weighted by Crippen LogP contribution is 2.28. The molecule has 4 rings (SSSR count). The molecule has 0 atom stereocenters. The molecule has 2 aromatic carbocycles. The number of piperazine rings is 1. The number of halogens is 3. The summed E-state index contributed by atoms with van der Waals surface area (Å²) in [7, 11) is 2.05. The van der Waals surface area contributed by atoms with Crippen molar-refractivity contribution >= 4 is 23.3 Å². The van der Waals surface area contributed by atoms with Crippen molar-refractivity contribution in [3.05, 3.63) is 76.4 Å². The quantitative estimate of drug-likeness (QED) is 0.527. The number of pyridine rings is 1. The number of ether oxygens (including phenoxy) is 1. The Morgan fingerprint density at radius 3 is 2.44 bits per heavy atom. The average molecular weight is 487 g/mol. The van der Waals surface area contributed by atoms with Crippen LogP contribution in [0.15, 0.2) is 48.7 Å². The maximum absolute atomic E-state index is 14.0. The lowest BCUT2D eigenvalue weighted by atomic mass is 10.0. The van der Waals surface area contributed by atoms with E-state index in [1.807, 2.05) is 24.1 Å². The van der Waals surface area contributed by atoms with Gasteiger partial charge in [-0.25, -0.2) is 13.8 Å². The molecule has 9 heteroatoms. The van der Waals surface area contributed by atoms with Crippen molar-refractivity contribution < 1.29 is 18.3 Å². The molecule has 1 amide bonds. The maximum atomic E-state index is 14.0. The second-order valence-corrected chi connectivity index (χ2v) is 8.58. The zero-order valence-electron chi connectivity index (χ0n) is 18.7. The van der Waals surface area contributed by atoms with Gasteiger partial charge in [-0.1, -0.05) is 23.7 Å². The molecule has 1 saturated heterocycles. The molecule has 6 nitrogen and oxygen atoms in total. The van der Waals surface area contributed by atoms with Crippen molar-refractivity contribution in [3.8, 4) is 16.9 Å². The number of anilines is 1. The van der Waals surface area contributed by atoms with Crippen LogP contribution in [0.3, 0.4) is 0 Å². The standard InChI is InChI=1S/C25H25ClF2N4O2/c1-31-9-11-32(12-10-31)25(33)17-4-2-16(3-5-17)18-14-22(24(29)30-15-18)34-13-8-19-20(27)6-7-21(28)23(19)26/h2-7,14-15H,8-13H2,1H3,(H2,29,30). The predicted octanol–water partition coefficient (Wildman–Crippen LogP) is 4.27. The van der Waals surface area contributed by atoms with Crippen molar-refractivity contribution in [1.82, 2.24) is 14.8 Å². The molecule has 1 fully saturated rings. The van der Waals surface area contributed by atoms with Gasteiger partial charge in [-0.2, -0.15) is 0 Å². The molecule has 0 radical (unpaired) electrons. The van der Waals surface area contributed by atoms with Crippen LogP contribution in [0.5, 0.6) is 5.75 Å². The topological polar surface area (TPSA) is 71.7 Å². The van der Waals surface area contributed by atoms with E-state index in [0.717, 1.165) is 36.3 Å². The van der Waals surface area contributed by atoms with Gasteiger partial charge in [0.05, 0.1) is 11.6 Å². The number of nitrogens with two attached hydrogens (primary N) is 1. The van der Waals surface area contributed by atoms with E-state index in [2.05, 4.69) is 9.88 Å². The van der Waals surface area contributed by atoms with Crippen LogP contribution in [0.1, 0.15) is 15.9 Å². The number of hydrogen-bond acceptors (Lipinski definition) is 5. The average Bonchev–Trinajstić information content (AvgIpc) is 2.85. The van der Waals surface area contributed by atoms with Gasteiger partial charge in [0.15, 0.2) is 11.6 Å². The van der Waals surface area contributed by atoms with Crippen LogP contribution in [-0.2, 0) is 6.42 Å². The highest BCUT2D eigenvalue weighted by molar-refractivity contribution is 6.31. The van der Waals surface area contributed by atoms with Crippen molar-refractivity contribution in [2.45, 2.75) is 6.42 Å². The summed E-state index contributed by atoms with van der Waals surface area (Å²) in [6, 6.07) is 11.0. The molecular formula is C25H25ClF2N4O2. The molecule has 178 valence electrons. The first-order valence-corrected chi connectivity index (χ1v) is 11.3. The summed E-state index contributed by atoms with van der Waals surface area (Å²) in [5.41, 5.74) is 8.20. The fourth-order valence-corrected chi connectivity index (χ4v) is 4.04. The zero-order valence-corrected chi connectivity index (χ0v) is 19.5. The van der Waals surface area contributed by atoms with E-state index in [9.17, 15) is 13.6 Å². The van der Waals surface area contributed by atoms with Gasteiger partial charge >= 0.3 is 0 Å². The first-order chi connectivity index (χ1) is 16.3. The summed E-state index contributed by atoms with van der Waals surface area (Å²) in [6.45, 7) is 3.19. The van der Waals surface area contributed by atoms with Crippen molar-refractivity contribution in [2.24, 2.45) is 0 Å². The van der Waals surface area contributed by atoms with Crippen molar-refractivity contribution in [2.75, 3.05) is 45.6 Å². The smallest absolute Gasteiger partial charge is 0.253 e. The molecular weight excluding hydrogens is 462 g/mol. The van der Waals surface area contributed by atoms with Gasteiger partial charge in [0.1, 0.15) is 11.6 Å². The van der Waals surface area contributed by atoms with Crippen LogP contribution in [-0.4, -0.2) is 60.5 Å². The molecule has 0 bridgehead atoms. The summed E-state index contributed by atoms with van der Waals surface area (Å²) >= 11 is 5.87. The van der Waals surface area contributed by atoms with E-state index < -0.39 is 11.6 Å². The minimum atomic E-state index is -0.684. The molecule has 2 N–H and O–H groups in total. The lowest BCUT2D eigenvalue weighted by Crippen LogP contribution is -2.47. The number of carbonyl (C=O) groups excluding carboxylic acids is 1. The normalized spacial score (nSPS) is 14.3. The summed E-state index contributed by atoms with van der Waals surface area (Å²) in [5, 5.41) is -0.255. The van der Waals surface area contributed by atoms with Gasteiger partial charge < -0.3 is 20.3 Å². The lowest BCUT2D eigenvalue weighted by molar-refractivity contribution is 0.0664. The van der Waals surface area contributed by atoms with E-state index in [-0.39, 0.29) is 35.3 Å². The van der Waals surface area contributed by atoms with Crippen molar-refractivity contribution in [3.63, 3.8) is 0 Å². The number of benzene rings is 2. The fourth-order valence-electron chi connectivity index (χ4n) is 3.79. The monoisotopic (exact) mass is 486 g/mol. The Bertz CT molecular complexity index is 1180. The van der Waals surface area contributed by atoms with Gasteiger partial charge in [0.2, 0.25) is 0 Å². The third kappa shape index (κ3) is 5.29. The Morgan fingerprint density at radius 1 is 1.06 bits per heavy atom. The molecule has 0 unspecified atom stereocenters. The summed E-state index contributed by atoms with van der Waals surface area (Å²) in [4.78, 5) is 21.0. The Hall–Kier alpha value is -3.23. The second-order valence-electron chi connectivity index (χ2n) is 8.20. The van der Waals surface area contributed by atoms with E-state index in [1.165, 1.54) is 0 Å². The minimum absolute atomic E-state index is 0.0161. The molecule has 0 spiro atoms. The van der Waals surface area contributed by atoms with Crippen LogP contribution >= 0.6 is 11.6 Å². The minimum Gasteiger partial charge on any atom is -0.489 e. The number of nitrogen functional groups attached to an aromatic ring is 1. The number of carbonyl (C=O) groups is 1. The maximum Gasteiger partial charge on any atom is 0.253 e. The van der Waals surface area contributed by atoms with Crippen LogP contribution in [0.2, 0.25) is 5.02 Å². The Morgan fingerprint density at radius 2 is 1.74 bits per heavy atom. The molecule has 0 saturated carbocycles. The summed E-state index contributed by atoms with van der Waals surface area (Å²) in [6.07, 6.45) is 1.68. The third-order valence-corrected chi connectivity index (χ3v) is 6.29. The van der Waals surface area contributed by atoms with E-state index in [1.54, 1.807) is 24.4 Å². The van der Waals surface area contributed by atoms with E-state index in [0.29, 0.717) is 24.4 Å². The molecule has 0 aliphatic carbocycles. The fraction of sp³-hybridized carbons (Fsp3) is 0.280. The van der Waals surface area contributed by atoms with E-state index >= 15 is 0 Å². The lowest BCUT2D eigenvalue weighted by Gasteiger charge is -2.32. The highest BCUT2D eigenvalue weighted by Gasteiger charge is 2.20. The van der Waals surface area contributed by atoms with Crippen LogP contribution < -0.4 is 10.5 Å². The number of hydrogen-bond donors (Lipinski definition) is 1. The molecule has 1 aliphatic rings. The Labute approximate surface area is 201 Å².